The maximum Gasteiger partial charge on any atom is 0.266 e. The smallest absolute Gasteiger partial charge is 0.266 e. The van der Waals surface area contributed by atoms with Crippen LogP contribution in [0.5, 0.6) is 0 Å². The quantitative estimate of drug-likeness (QED) is 0.272. The summed E-state index contributed by atoms with van der Waals surface area (Å²) in [6.07, 6.45) is 0. The number of hydrogen-bond acceptors (Lipinski definition) is 4. The van der Waals surface area contributed by atoms with Crippen LogP contribution in [0.3, 0.4) is 0 Å². The molecule has 0 aliphatic rings. The van der Waals surface area contributed by atoms with Crippen molar-refractivity contribution in [2.45, 2.75) is 5.16 Å². The van der Waals surface area contributed by atoms with Gasteiger partial charge in [-0.25, -0.2) is 4.98 Å². The van der Waals surface area contributed by atoms with E-state index in [1.54, 1.807) is 66.7 Å². The number of nitrogens with zero attached hydrogens (tertiary/aromatic N) is 2. The molecule has 0 saturated carbocycles. The van der Waals surface area contributed by atoms with Crippen molar-refractivity contribution < 1.29 is 4.79 Å². The number of aromatic nitrogens is 2. The van der Waals surface area contributed by atoms with E-state index in [2.05, 4.69) is 10.3 Å². The fraction of sp³-hybridized carbons (Fsp3) is 0.0455. The van der Waals surface area contributed by atoms with E-state index in [1.807, 2.05) is 0 Å². The second-order valence-electron chi connectivity index (χ2n) is 6.46. The average Bonchev–Trinajstić information content (AvgIpc) is 2.75. The number of para-hydroxylation sites is 2. The van der Waals surface area contributed by atoms with Gasteiger partial charge in [0.2, 0.25) is 5.91 Å². The molecule has 0 aliphatic carbocycles. The number of anilines is 1. The molecule has 1 amide bonds. The Morgan fingerprint density at radius 2 is 1.71 bits per heavy atom. The number of rotatable bonds is 5. The molecule has 0 bridgehead atoms. The molecule has 1 N–H and O–H groups in total. The highest BCUT2D eigenvalue weighted by atomic mass is 35.5. The van der Waals surface area contributed by atoms with Gasteiger partial charge in [0.05, 0.1) is 38.1 Å². The second-order valence-corrected chi connectivity index (χ2v) is 8.66. The summed E-state index contributed by atoms with van der Waals surface area (Å²) in [5.74, 6) is -0.295. The molecule has 31 heavy (non-hydrogen) atoms. The van der Waals surface area contributed by atoms with E-state index in [4.69, 9.17) is 34.8 Å². The van der Waals surface area contributed by atoms with Gasteiger partial charge in [0.1, 0.15) is 0 Å². The Balaban J connectivity index is 1.68. The summed E-state index contributed by atoms with van der Waals surface area (Å²) in [6, 6.07) is 18.8. The van der Waals surface area contributed by atoms with Crippen LogP contribution in [0.1, 0.15) is 0 Å². The predicted molar refractivity (Wildman–Crippen MR) is 128 cm³/mol. The normalized spacial score (nSPS) is 10.9. The van der Waals surface area contributed by atoms with Crippen molar-refractivity contribution in [2.24, 2.45) is 0 Å². The predicted octanol–water partition coefficient (Wildman–Crippen LogP) is 6.08. The van der Waals surface area contributed by atoms with Crippen LogP contribution in [0.4, 0.5) is 5.69 Å². The molecule has 0 aliphatic heterocycles. The molecule has 5 nitrogen and oxygen atoms in total. The number of carbonyl (C=O) groups is 1. The molecule has 4 aromatic rings. The van der Waals surface area contributed by atoms with Gasteiger partial charge in [-0.1, -0.05) is 70.8 Å². The van der Waals surface area contributed by atoms with Crippen LogP contribution in [0.2, 0.25) is 15.1 Å². The van der Waals surface area contributed by atoms with Crippen molar-refractivity contribution >= 4 is 69.1 Å². The number of amides is 1. The summed E-state index contributed by atoms with van der Waals surface area (Å²) in [5, 5.41) is 4.77. The summed E-state index contributed by atoms with van der Waals surface area (Å²) in [4.78, 5) is 30.4. The molecule has 156 valence electrons. The summed E-state index contributed by atoms with van der Waals surface area (Å²) in [5.41, 5.74) is 1.23. The van der Waals surface area contributed by atoms with E-state index >= 15 is 0 Å². The standard InChI is InChI=1S/C22H14Cl3N3O2S/c23-13-9-10-18(16(25)11-13)26-20(29)12-31-22-27-17-7-3-1-5-14(17)21(30)28(22)19-8-4-2-6-15(19)24/h1-11H,12H2,(H,26,29). The van der Waals surface area contributed by atoms with E-state index < -0.39 is 0 Å². The molecule has 1 aromatic heterocycles. The molecule has 4 rings (SSSR count). The second kappa shape index (κ2) is 9.32. The Morgan fingerprint density at radius 3 is 2.48 bits per heavy atom. The van der Waals surface area contributed by atoms with Crippen molar-refractivity contribution in [3.05, 3.63) is 92.2 Å². The first kappa shape index (κ1) is 21.7. The zero-order valence-corrected chi connectivity index (χ0v) is 18.9. The molecule has 0 saturated heterocycles. The first-order chi connectivity index (χ1) is 14.9. The highest BCUT2D eigenvalue weighted by molar-refractivity contribution is 7.99. The minimum absolute atomic E-state index is 0.00812. The molecular weight excluding hydrogens is 477 g/mol. The SMILES string of the molecule is O=C(CSc1nc2ccccc2c(=O)n1-c1ccccc1Cl)Nc1ccc(Cl)cc1Cl. The van der Waals surface area contributed by atoms with Crippen LogP contribution in [-0.4, -0.2) is 21.2 Å². The van der Waals surface area contributed by atoms with Crippen LogP contribution in [0.15, 0.2) is 76.7 Å². The van der Waals surface area contributed by atoms with E-state index in [-0.39, 0.29) is 17.2 Å². The third kappa shape index (κ3) is 4.72. The highest BCUT2D eigenvalue weighted by Gasteiger charge is 2.17. The van der Waals surface area contributed by atoms with E-state index in [9.17, 15) is 9.59 Å². The van der Waals surface area contributed by atoms with Crippen molar-refractivity contribution in [2.75, 3.05) is 11.1 Å². The molecule has 0 unspecified atom stereocenters. The van der Waals surface area contributed by atoms with Gasteiger partial charge >= 0.3 is 0 Å². The Labute approximate surface area is 197 Å². The van der Waals surface area contributed by atoms with Gasteiger partial charge in [-0.15, -0.1) is 0 Å². The Kier molecular flexibility index (Phi) is 6.53. The first-order valence-electron chi connectivity index (χ1n) is 9.08. The number of halogens is 3. The van der Waals surface area contributed by atoms with Gasteiger partial charge in [0.15, 0.2) is 5.16 Å². The molecule has 9 heteroatoms. The zero-order chi connectivity index (χ0) is 22.0. The topological polar surface area (TPSA) is 64.0 Å². The Hall–Kier alpha value is -2.51. The maximum absolute atomic E-state index is 13.2. The number of carbonyl (C=O) groups excluding carboxylic acids is 1. The Bertz CT molecular complexity index is 1360. The number of hydrogen-bond donors (Lipinski definition) is 1. The lowest BCUT2D eigenvalue weighted by Gasteiger charge is -2.14. The van der Waals surface area contributed by atoms with Crippen LogP contribution < -0.4 is 10.9 Å². The van der Waals surface area contributed by atoms with Crippen LogP contribution in [0.25, 0.3) is 16.6 Å². The van der Waals surface area contributed by atoms with Crippen molar-refractivity contribution in [3.8, 4) is 5.69 Å². The van der Waals surface area contributed by atoms with E-state index in [1.165, 1.54) is 4.57 Å². The van der Waals surface area contributed by atoms with Crippen LogP contribution in [-0.2, 0) is 4.79 Å². The lowest BCUT2D eigenvalue weighted by atomic mass is 10.2. The van der Waals surface area contributed by atoms with Crippen molar-refractivity contribution in [3.63, 3.8) is 0 Å². The summed E-state index contributed by atoms with van der Waals surface area (Å²) in [7, 11) is 0. The monoisotopic (exact) mass is 489 g/mol. The van der Waals surface area contributed by atoms with Crippen molar-refractivity contribution in [1.29, 1.82) is 0 Å². The van der Waals surface area contributed by atoms with Crippen LogP contribution in [0, 0.1) is 0 Å². The van der Waals surface area contributed by atoms with Gasteiger partial charge in [0.25, 0.3) is 5.56 Å². The van der Waals surface area contributed by atoms with Gasteiger partial charge < -0.3 is 5.32 Å². The minimum atomic E-state index is -0.303. The summed E-state index contributed by atoms with van der Waals surface area (Å²) < 4.78 is 1.43. The van der Waals surface area contributed by atoms with Gasteiger partial charge in [-0.2, -0.15) is 0 Å². The largest absolute Gasteiger partial charge is 0.324 e. The third-order valence-corrected chi connectivity index (χ3v) is 6.18. The molecule has 0 spiro atoms. The van der Waals surface area contributed by atoms with Crippen LogP contribution >= 0.6 is 46.6 Å². The number of nitrogens with one attached hydrogen (secondary N) is 1. The Morgan fingerprint density at radius 1 is 0.968 bits per heavy atom. The zero-order valence-electron chi connectivity index (χ0n) is 15.8. The fourth-order valence-corrected chi connectivity index (χ4v) is 4.44. The number of thioether (sulfide) groups is 1. The average molecular weight is 491 g/mol. The summed E-state index contributed by atoms with van der Waals surface area (Å²) >= 11 is 19.5. The molecule has 3 aromatic carbocycles. The third-order valence-electron chi connectivity index (χ3n) is 4.38. The first-order valence-corrected chi connectivity index (χ1v) is 11.2. The maximum atomic E-state index is 13.2. The number of fused-ring (bicyclic) bond motifs is 1. The molecule has 0 radical (unpaired) electrons. The lowest BCUT2D eigenvalue weighted by Crippen LogP contribution is -2.23. The van der Waals surface area contributed by atoms with Gasteiger partial charge in [0, 0.05) is 5.02 Å². The lowest BCUT2D eigenvalue weighted by molar-refractivity contribution is -0.113. The van der Waals surface area contributed by atoms with Gasteiger partial charge in [-0.05, 0) is 42.5 Å². The highest BCUT2D eigenvalue weighted by Crippen LogP contribution is 2.27. The summed E-state index contributed by atoms with van der Waals surface area (Å²) in [6.45, 7) is 0. The van der Waals surface area contributed by atoms with Gasteiger partial charge in [-0.3, -0.25) is 14.2 Å². The van der Waals surface area contributed by atoms with Crippen molar-refractivity contribution in [1.82, 2.24) is 9.55 Å². The van der Waals surface area contributed by atoms with E-state index in [0.29, 0.717) is 42.5 Å². The minimum Gasteiger partial charge on any atom is -0.324 e. The molecule has 0 atom stereocenters. The number of benzene rings is 3. The molecular formula is C22H14Cl3N3O2S. The molecule has 1 heterocycles. The fourth-order valence-electron chi connectivity index (χ4n) is 2.96. The molecule has 0 fully saturated rings. The van der Waals surface area contributed by atoms with E-state index in [0.717, 1.165) is 11.8 Å².